The van der Waals surface area contributed by atoms with Gasteiger partial charge in [-0.25, -0.2) is 9.98 Å². The van der Waals surface area contributed by atoms with Crippen LogP contribution in [0.5, 0.6) is 0 Å². The Balaban J connectivity index is 3.25. The monoisotopic (exact) mass is 286 g/mol. The lowest BCUT2D eigenvalue weighted by atomic mass is 10.0. The summed E-state index contributed by atoms with van der Waals surface area (Å²) in [5.41, 5.74) is 1.70. The number of pyridine rings is 1. The number of rotatable bonds is 4. The summed E-state index contributed by atoms with van der Waals surface area (Å²) in [6.45, 7) is 7.39. The first kappa shape index (κ1) is 15.1. The van der Waals surface area contributed by atoms with E-state index in [0.717, 1.165) is 5.56 Å². The molecule has 0 saturated heterocycles. The standard InChI is InChI=1S/C13H16Cl2N2O/c1-5-10(14)17-11-8(4)6-9(16-13(11)15)12(18)7(2)3/h6-7H,5H2,1-4H3/b17-10-. The molecule has 3 nitrogen and oxygen atoms in total. The number of aryl methyl sites for hydroxylation is 1. The van der Waals surface area contributed by atoms with E-state index in [1.807, 2.05) is 27.7 Å². The van der Waals surface area contributed by atoms with Crippen LogP contribution in [-0.4, -0.2) is 15.9 Å². The zero-order valence-electron chi connectivity index (χ0n) is 10.9. The van der Waals surface area contributed by atoms with Crippen LogP contribution in [0.1, 0.15) is 43.2 Å². The summed E-state index contributed by atoms with van der Waals surface area (Å²) in [4.78, 5) is 20.1. The fraction of sp³-hybridized carbons (Fsp3) is 0.462. The van der Waals surface area contributed by atoms with Crippen LogP contribution in [0.3, 0.4) is 0 Å². The predicted octanol–water partition coefficient (Wildman–Crippen LogP) is 4.56. The van der Waals surface area contributed by atoms with Crippen molar-refractivity contribution < 1.29 is 4.79 Å². The normalized spacial score (nSPS) is 12.1. The molecule has 1 aromatic heterocycles. The van der Waals surface area contributed by atoms with Gasteiger partial charge in [0.15, 0.2) is 10.9 Å². The number of carbonyl (C=O) groups excluding carboxylic acids is 1. The first-order valence-corrected chi connectivity index (χ1v) is 6.56. The molecule has 0 unspecified atom stereocenters. The maximum Gasteiger partial charge on any atom is 0.183 e. The van der Waals surface area contributed by atoms with Crippen LogP contribution in [0.15, 0.2) is 11.1 Å². The van der Waals surface area contributed by atoms with Crippen LogP contribution < -0.4 is 0 Å². The van der Waals surface area contributed by atoms with Gasteiger partial charge < -0.3 is 0 Å². The molecule has 0 aromatic carbocycles. The molecule has 0 bridgehead atoms. The zero-order chi connectivity index (χ0) is 13.9. The Morgan fingerprint density at radius 2 is 2.11 bits per heavy atom. The third-order valence-electron chi connectivity index (χ3n) is 2.44. The van der Waals surface area contributed by atoms with E-state index in [1.54, 1.807) is 6.07 Å². The van der Waals surface area contributed by atoms with Gasteiger partial charge in [-0.15, -0.1) is 0 Å². The molecule has 1 heterocycles. The number of aromatic nitrogens is 1. The van der Waals surface area contributed by atoms with E-state index in [-0.39, 0.29) is 16.9 Å². The molecule has 0 fully saturated rings. The Hall–Kier alpha value is -0.930. The molecule has 1 aromatic rings. The lowest BCUT2D eigenvalue weighted by molar-refractivity contribution is 0.0934. The number of aliphatic imine (C=N–C) groups is 1. The molecule has 0 radical (unpaired) electrons. The quantitative estimate of drug-likeness (QED) is 0.463. The van der Waals surface area contributed by atoms with Crippen LogP contribution in [-0.2, 0) is 0 Å². The molecule has 0 atom stereocenters. The molecule has 0 aliphatic rings. The predicted molar refractivity (Wildman–Crippen MR) is 76.4 cm³/mol. The molecule has 0 saturated carbocycles. The third-order valence-corrected chi connectivity index (χ3v) is 3.06. The summed E-state index contributed by atoms with van der Waals surface area (Å²) in [6, 6.07) is 1.70. The summed E-state index contributed by atoms with van der Waals surface area (Å²) in [5, 5.41) is 0.676. The Morgan fingerprint density at radius 1 is 1.50 bits per heavy atom. The van der Waals surface area contributed by atoms with Crippen molar-refractivity contribution in [2.24, 2.45) is 10.9 Å². The molecule has 18 heavy (non-hydrogen) atoms. The minimum atomic E-state index is -0.110. The number of hydrogen-bond acceptors (Lipinski definition) is 3. The van der Waals surface area contributed by atoms with Gasteiger partial charge in [0, 0.05) is 5.92 Å². The van der Waals surface area contributed by atoms with Crippen molar-refractivity contribution >= 4 is 39.8 Å². The van der Waals surface area contributed by atoms with Gasteiger partial charge in [0.05, 0.1) is 0 Å². The highest BCUT2D eigenvalue weighted by Crippen LogP contribution is 2.29. The number of carbonyl (C=O) groups is 1. The second-order valence-corrected chi connectivity index (χ2v) is 5.12. The maximum atomic E-state index is 11.9. The third kappa shape index (κ3) is 3.53. The summed E-state index contributed by atoms with van der Waals surface area (Å²) in [7, 11) is 0. The van der Waals surface area contributed by atoms with Crippen LogP contribution in [0.4, 0.5) is 5.69 Å². The van der Waals surface area contributed by atoms with E-state index in [0.29, 0.717) is 23.0 Å². The minimum Gasteiger partial charge on any atom is -0.292 e. The average Bonchev–Trinajstić information content (AvgIpc) is 2.31. The first-order chi connectivity index (χ1) is 8.36. The van der Waals surface area contributed by atoms with Gasteiger partial charge in [-0.2, -0.15) is 0 Å². The Labute approximate surface area is 117 Å². The zero-order valence-corrected chi connectivity index (χ0v) is 12.4. The van der Waals surface area contributed by atoms with Crippen molar-refractivity contribution in [1.29, 1.82) is 0 Å². The van der Waals surface area contributed by atoms with Gasteiger partial charge in [0.25, 0.3) is 0 Å². The fourth-order valence-corrected chi connectivity index (χ4v) is 1.75. The summed E-state index contributed by atoms with van der Waals surface area (Å²) < 4.78 is 0. The first-order valence-electron chi connectivity index (χ1n) is 5.81. The molecule has 0 amide bonds. The lowest BCUT2D eigenvalue weighted by Crippen LogP contribution is -2.10. The van der Waals surface area contributed by atoms with E-state index in [9.17, 15) is 4.79 Å². The fourth-order valence-electron chi connectivity index (χ4n) is 1.38. The second kappa shape index (κ2) is 6.30. The van der Waals surface area contributed by atoms with E-state index in [4.69, 9.17) is 23.2 Å². The highest BCUT2D eigenvalue weighted by atomic mass is 35.5. The van der Waals surface area contributed by atoms with Crippen LogP contribution in [0, 0.1) is 12.8 Å². The van der Waals surface area contributed by atoms with Gasteiger partial charge in [-0.05, 0) is 25.0 Å². The van der Waals surface area contributed by atoms with Crippen LogP contribution in [0.2, 0.25) is 5.15 Å². The summed E-state index contributed by atoms with van der Waals surface area (Å²) in [6.07, 6.45) is 0.629. The molecule has 98 valence electrons. The number of ketones is 1. The smallest absolute Gasteiger partial charge is 0.183 e. The maximum absolute atomic E-state index is 11.9. The summed E-state index contributed by atoms with van der Waals surface area (Å²) in [5.74, 6) is -0.140. The van der Waals surface area contributed by atoms with Gasteiger partial charge in [-0.1, -0.05) is 44.0 Å². The number of hydrogen-bond donors (Lipinski definition) is 0. The Bertz CT molecular complexity index is 473. The van der Waals surface area contributed by atoms with E-state index < -0.39 is 0 Å². The molecule has 0 N–H and O–H groups in total. The Morgan fingerprint density at radius 3 is 2.56 bits per heavy atom. The van der Waals surface area contributed by atoms with Crippen molar-refractivity contribution in [3.8, 4) is 0 Å². The van der Waals surface area contributed by atoms with Crippen molar-refractivity contribution in [2.75, 3.05) is 0 Å². The molecule has 5 heteroatoms. The van der Waals surface area contributed by atoms with Crippen molar-refractivity contribution in [1.82, 2.24) is 4.98 Å². The Kier molecular flexibility index (Phi) is 5.29. The van der Waals surface area contributed by atoms with Crippen LogP contribution in [0.25, 0.3) is 0 Å². The van der Waals surface area contributed by atoms with Gasteiger partial charge >= 0.3 is 0 Å². The van der Waals surface area contributed by atoms with Crippen LogP contribution >= 0.6 is 23.2 Å². The lowest BCUT2D eigenvalue weighted by Gasteiger charge is -2.08. The van der Waals surface area contributed by atoms with Gasteiger partial charge in [-0.3, -0.25) is 4.79 Å². The molecule has 0 aliphatic carbocycles. The second-order valence-electron chi connectivity index (χ2n) is 4.32. The van der Waals surface area contributed by atoms with Crippen molar-refractivity contribution in [3.05, 3.63) is 22.5 Å². The highest BCUT2D eigenvalue weighted by molar-refractivity contribution is 6.65. The van der Waals surface area contributed by atoms with E-state index in [1.165, 1.54) is 0 Å². The van der Waals surface area contributed by atoms with E-state index >= 15 is 0 Å². The number of nitrogens with zero attached hydrogens (tertiary/aromatic N) is 2. The van der Waals surface area contributed by atoms with E-state index in [2.05, 4.69) is 9.98 Å². The molecule has 0 aliphatic heterocycles. The topological polar surface area (TPSA) is 42.3 Å². The van der Waals surface area contributed by atoms with Gasteiger partial charge in [0.2, 0.25) is 0 Å². The average molecular weight is 287 g/mol. The SMILES string of the molecule is CC/C(Cl)=N/c1c(C)cc(C(=O)C(C)C)nc1Cl. The molecule has 0 spiro atoms. The largest absolute Gasteiger partial charge is 0.292 e. The van der Waals surface area contributed by atoms with Gasteiger partial charge in [0.1, 0.15) is 16.6 Å². The summed E-state index contributed by atoms with van der Waals surface area (Å²) >= 11 is 11.9. The molecular weight excluding hydrogens is 271 g/mol. The minimum absolute atomic E-state index is 0.0304. The molecule has 1 rings (SSSR count). The number of Topliss-reactive ketones (excluding diaryl/α,β-unsaturated/α-hetero) is 1. The van der Waals surface area contributed by atoms with Crippen molar-refractivity contribution in [2.45, 2.75) is 34.1 Å². The number of halogens is 2. The van der Waals surface area contributed by atoms with Crippen molar-refractivity contribution in [3.63, 3.8) is 0 Å². The highest BCUT2D eigenvalue weighted by Gasteiger charge is 2.16. The molecular formula is C13H16Cl2N2O.